The lowest BCUT2D eigenvalue weighted by molar-refractivity contribution is 0.440. The maximum absolute atomic E-state index is 12.3. The molecular weight excluding hydrogens is 380 g/mol. The van der Waals surface area contributed by atoms with Crippen molar-refractivity contribution in [2.45, 2.75) is 31.6 Å². The molecule has 0 bridgehead atoms. The van der Waals surface area contributed by atoms with Gasteiger partial charge in [-0.2, -0.15) is 0 Å². The first-order valence-corrected chi connectivity index (χ1v) is 11.1. The van der Waals surface area contributed by atoms with Crippen molar-refractivity contribution in [3.8, 4) is 16.9 Å². The average molecular weight is 405 g/mol. The van der Waals surface area contributed by atoms with Crippen LogP contribution in [0.2, 0.25) is 0 Å². The van der Waals surface area contributed by atoms with Crippen LogP contribution in [0.15, 0.2) is 52.6 Å². The highest BCUT2D eigenvalue weighted by Crippen LogP contribution is 2.41. The first kappa shape index (κ1) is 18.4. The third-order valence-electron chi connectivity index (χ3n) is 6.42. The number of thiophene rings is 1. The normalized spacial score (nSPS) is 16.0. The summed E-state index contributed by atoms with van der Waals surface area (Å²) in [6.07, 6.45) is 5.13. The summed E-state index contributed by atoms with van der Waals surface area (Å²) in [7, 11) is 0. The van der Waals surface area contributed by atoms with E-state index >= 15 is 0 Å². The first-order valence-electron chi connectivity index (χ1n) is 10.2. The molecule has 0 radical (unpaired) electrons. The van der Waals surface area contributed by atoms with Gasteiger partial charge in [0.1, 0.15) is 10.4 Å². The minimum absolute atomic E-state index is 0.0863. The molecule has 0 aliphatic heterocycles. The van der Waals surface area contributed by atoms with E-state index in [0.717, 1.165) is 27.4 Å². The number of phenols is 1. The third kappa shape index (κ3) is 3.05. The van der Waals surface area contributed by atoms with E-state index in [0.29, 0.717) is 23.1 Å². The average Bonchev–Trinajstić information content (AvgIpc) is 3.42. The summed E-state index contributed by atoms with van der Waals surface area (Å²) >= 11 is 1.42. The van der Waals surface area contributed by atoms with E-state index in [1.165, 1.54) is 42.6 Å². The van der Waals surface area contributed by atoms with Gasteiger partial charge in [-0.05, 0) is 65.9 Å². The maximum atomic E-state index is 12.3. The van der Waals surface area contributed by atoms with Gasteiger partial charge in [-0.25, -0.2) is 0 Å². The number of H-pyrrole nitrogens is 1. The number of aromatic nitrogens is 1. The standard InChI is InChI=1S/C24H24N2O2S/c25-13-18(14-3-1-2-4-14)15-5-7-16(8-6-15)21-20(27)10-9-19-22(21)17-11-12-29-23(17)24(28)26-19/h5-12,14,18,27H,1-4,13,25H2,(H,26,28). The molecule has 148 valence electrons. The molecule has 4 N–H and O–H groups in total. The van der Waals surface area contributed by atoms with Crippen molar-refractivity contribution in [1.82, 2.24) is 4.98 Å². The summed E-state index contributed by atoms with van der Waals surface area (Å²) < 4.78 is 0.686. The molecule has 1 saturated carbocycles. The monoisotopic (exact) mass is 404 g/mol. The molecule has 1 fully saturated rings. The lowest BCUT2D eigenvalue weighted by Crippen LogP contribution is -2.19. The zero-order chi connectivity index (χ0) is 20.0. The van der Waals surface area contributed by atoms with Crippen LogP contribution in [-0.2, 0) is 0 Å². The Hall–Kier alpha value is -2.63. The van der Waals surface area contributed by atoms with Crippen molar-refractivity contribution >= 4 is 32.3 Å². The minimum Gasteiger partial charge on any atom is -0.507 e. The Kier molecular flexibility index (Phi) is 4.64. The predicted octanol–water partition coefficient (Wildman–Crippen LogP) is 5.35. The van der Waals surface area contributed by atoms with Gasteiger partial charge in [0.15, 0.2) is 0 Å². The molecule has 2 aromatic carbocycles. The van der Waals surface area contributed by atoms with Crippen molar-refractivity contribution in [3.63, 3.8) is 0 Å². The van der Waals surface area contributed by atoms with Gasteiger partial charge in [-0.15, -0.1) is 11.3 Å². The topological polar surface area (TPSA) is 79.1 Å². The van der Waals surface area contributed by atoms with Crippen LogP contribution in [0.1, 0.15) is 37.2 Å². The number of aromatic hydroxyl groups is 1. The number of pyridine rings is 1. The highest BCUT2D eigenvalue weighted by molar-refractivity contribution is 7.17. The van der Waals surface area contributed by atoms with E-state index in [1.807, 2.05) is 11.4 Å². The van der Waals surface area contributed by atoms with Gasteiger partial charge in [-0.3, -0.25) is 4.79 Å². The van der Waals surface area contributed by atoms with Gasteiger partial charge in [0.25, 0.3) is 5.56 Å². The maximum Gasteiger partial charge on any atom is 0.266 e. The molecule has 0 spiro atoms. The second-order valence-electron chi connectivity index (χ2n) is 8.01. The fourth-order valence-electron chi connectivity index (χ4n) is 4.99. The summed E-state index contributed by atoms with van der Waals surface area (Å²) in [5.74, 6) is 1.29. The zero-order valence-corrected chi connectivity index (χ0v) is 17.0. The van der Waals surface area contributed by atoms with E-state index in [-0.39, 0.29) is 11.3 Å². The molecule has 1 atom stereocenters. The minimum atomic E-state index is -0.0863. The van der Waals surface area contributed by atoms with Gasteiger partial charge < -0.3 is 15.8 Å². The third-order valence-corrected chi connectivity index (χ3v) is 7.34. The second kappa shape index (κ2) is 7.32. The number of nitrogens with one attached hydrogen (secondary N) is 1. The predicted molar refractivity (Wildman–Crippen MR) is 121 cm³/mol. The molecule has 5 rings (SSSR count). The highest BCUT2D eigenvalue weighted by atomic mass is 32.1. The summed E-state index contributed by atoms with van der Waals surface area (Å²) in [5, 5.41) is 14.4. The number of nitrogens with two attached hydrogens (primary N) is 1. The van der Waals surface area contributed by atoms with Crippen LogP contribution in [0.5, 0.6) is 5.75 Å². The molecule has 0 saturated heterocycles. The van der Waals surface area contributed by atoms with Crippen LogP contribution in [0.25, 0.3) is 32.1 Å². The van der Waals surface area contributed by atoms with Crippen molar-refractivity contribution in [3.05, 3.63) is 63.8 Å². The van der Waals surface area contributed by atoms with Crippen LogP contribution < -0.4 is 11.3 Å². The van der Waals surface area contributed by atoms with E-state index in [2.05, 4.69) is 29.2 Å². The molecule has 2 heterocycles. The molecule has 1 aliphatic rings. The largest absolute Gasteiger partial charge is 0.507 e. The molecule has 4 aromatic rings. The second-order valence-corrected chi connectivity index (χ2v) is 8.92. The quantitative estimate of drug-likeness (QED) is 0.429. The molecule has 4 nitrogen and oxygen atoms in total. The highest BCUT2D eigenvalue weighted by Gasteiger charge is 2.25. The number of fused-ring (bicyclic) bond motifs is 3. The van der Waals surface area contributed by atoms with Gasteiger partial charge in [-0.1, -0.05) is 37.1 Å². The lowest BCUT2D eigenvalue weighted by Gasteiger charge is -2.22. The molecule has 1 aliphatic carbocycles. The Balaban J connectivity index is 1.65. The van der Waals surface area contributed by atoms with Crippen LogP contribution in [-0.4, -0.2) is 16.6 Å². The number of benzene rings is 2. The Morgan fingerprint density at radius 3 is 2.59 bits per heavy atom. The van der Waals surface area contributed by atoms with Crippen LogP contribution >= 0.6 is 11.3 Å². The number of rotatable bonds is 4. The van der Waals surface area contributed by atoms with Crippen LogP contribution in [0.3, 0.4) is 0 Å². The molecule has 5 heteroatoms. The molecule has 0 amide bonds. The first-order chi connectivity index (χ1) is 14.2. The van der Waals surface area contributed by atoms with E-state index < -0.39 is 0 Å². The Bertz CT molecular complexity index is 1230. The summed E-state index contributed by atoms with van der Waals surface area (Å²) in [5.41, 5.74) is 9.76. The van der Waals surface area contributed by atoms with Gasteiger partial charge in [0, 0.05) is 21.9 Å². The summed E-state index contributed by atoms with van der Waals surface area (Å²) in [6.45, 7) is 0.667. The SMILES string of the molecule is NCC(c1ccc(-c2c(O)ccc3[nH]c(=O)c4sccc4c23)cc1)C1CCCC1. The fourth-order valence-corrected chi connectivity index (χ4v) is 5.78. The Morgan fingerprint density at radius 2 is 1.86 bits per heavy atom. The van der Waals surface area contributed by atoms with Crippen molar-refractivity contribution < 1.29 is 5.11 Å². The van der Waals surface area contributed by atoms with E-state index in [4.69, 9.17) is 5.73 Å². The number of phenolic OH excluding ortho intramolecular Hbond substituents is 1. The molecule has 1 unspecified atom stereocenters. The van der Waals surface area contributed by atoms with Crippen LogP contribution in [0, 0.1) is 5.92 Å². The summed E-state index contributed by atoms with van der Waals surface area (Å²) in [4.78, 5) is 15.3. The summed E-state index contributed by atoms with van der Waals surface area (Å²) in [6, 6.07) is 13.8. The van der Waals surface area contributed by atoms with Crippen molar-refractivity contribution in [2.24, 2.45) is 11.7 Å². The van der Waals surface area contributed by atoms with E-state index in [9.17, 15) is 9.90 Å². The molecule has 2 aromatic heterocycles. The Morgan fingerprint density at radius 1 is 1.10 bits per heavy atom. The molecule has 29 heavy (non-hydrogen) atoms. The van der Waals surface area contributed by atoms with Gasteiger partial charge >= 0.3 is 0 Å². The Labute approximate surface area is 173 Å². The van der Waals surface area contributed by atoms with Crippen molar-refractivity contribution in [2.75, 3.05) is 6.54 Å². The number of hydrogen-bond donors (Lipinski definition) is 3. The number of hydrogen-bond acceptors (Lipinski definition) is 4. The molecular formula is C24H24N2O2S. The van der Waals surface area contributed by atoms with Crippen molar-refractivity contribution in [1.29, 1.82) is 0 Å². The lowest BCUT2D eigenvalue weighted by atomic mass is 9.84. The van der Waals surface area contributed by atoms with Gasteiger partial charge in [0.2, 0.25) is 0 Å². The number of aromatic amines is 1. The smallest absolute Gasteiger partial charge is 0.266 e. The van der Waals surface area contributed by atoms with Gasteiger partial charge in [0.05, 0.1) is 0 Å². The van der Waals surface area contributed by atoms with Crippen LogP contribution in [0.4, 0.5) is 0 Å². The van der Waals surface area contributed by atoms with E-state index in [1.54, 1.807) is 12.1 Å². The zero-order valence-electron chi connectivity index (χ0n) is 16.2. The fraction of sp³-hybridized carbons (Fsp3) is 0.292.